The number of rotatable bonds is 7. The van der Waals surface area contributed by atoms with Crippen LogP contribution < -0.4 is 5.73 Å². The molecular weight excluding hydrogens is 224 g/mol. The van der Waals surface area contributed by atoms with E-state index in [1.807, 2.05) is 6.07 Å². The molecule has 0 amide bonds. The van der Waals surface area contributed by atoms with E-state index in [1.165, 1.54) is 0 Å². The van der Waals surface area contributed by atoms with Gasteiger partial charge in [-0.25, -0.2) is 0 Å². The molecule has 1 aromatic heterocycles. The van der Waals surface area contributed by atoms with Crippen molar-refractivity contribution in [3.63, 3.8) is 0 Å². The van der Waals surface area contributed by atoms with Crippen LogP contribution in [0.4, 0.5) is 5.69 Å². The molecule has 1 heterocycles. The van der Waals surface area contributed by atoms with Gasteiger partial charge in [-0.1, -0.05) is 38.0 Å². The lowest BCUT2D eigenvalue weighted by molar-refractivity contribution is 0.227. The third-order valence-corrected chi connectivity index (χ3v) is 2.39. The highest BCUT2D eigenvalue weighted by Gasteiger charge is 2.01. The molecule has 0 aliphatic heterocycles. The second-order valence-electron chi connectivity index (χ2n) is 3.72. The molecule has 18 heavy (non-hydrogen) atoms. The average Bonchev–Trinajstić information content (AvgIpc) is 2.38. The summed E-state index contributed by atoms with van der Waals surface area (Å²) in [7, 11) is 0. The van der Waals surface area contributed by atoms with Crippen LogP contribution in [0.15, 0.2) is 67.8 Å². The van der Waals surface area contributed by atoms with Crippen LogP contribution in [-0.2, 0) is 11.2 Å². The lowest BCUT2D eigenvalue weighted by Crippen LogP contribution is -2.02. The molecule has 3 heteroatoms. The van der Waals surface area contributed by atoms with Gasteiger partial charge >= 0.3 is 0 Å². The third kappa shape index (κ3) is 4.29. The Labute approximate surface area is 108 Å². The number of hydrogen-bond donors (Lipinski definition) is 1. The molecule has 0 unspecified atom stereocenters. The number of ether oxygens (including phenoxy) is 1. The zero-order chi connectivity index (χ0) is 13.4. The van der Waals surface area contributed by atoms with Crippen molar-refractivity contribution in [1.82, 2.24) is 4.98 Å². The van der Waals surface area contributed by atoms with Gasteiger partial charge in [0.1, 0.15) is 5.76 Å². The fourth-order valence-corrected chi connectivity index (χ4v) is 1.32. The van der Waals surface area contributed by atoms with Crippen LogP contribution in [0.1, 0.15) is 5.56 Å². The molecule has 0 spiro atoms. The quantitative estimate of drug-likeness (QED) is 0.590. The second kappa shape index (κ2) is 7.12. The van der Waals surface area contributed by atoms with Crippen LogP contribution >= 0.6 is 0 Å². The van der Waals surface area contributed by atoms with Crippen molar-refractivity contribution < 1.29 is 4.74 Å². The maximum Gasteiger partial charge on any atom is 0.118 e. The van der Waals surface area contributed by atoms with Gasteiger partial charge in [-0.15, -0.1) is 0 Å². The SMILES string of the molecule is C=CC=CC(=C)C(=C)OCCc1ccncc1N. The van der Waals surface area contributed by atoms with Crippen molar-refractivity contribution >= 4 is 5.69 Å². The summed E-state index contributed by atoms with van der Waals surface area (Å²) in [6.45, 7) is 11.7. The molecule has 0 aromatic carbocycles. The minimum atomic E-state index is 0.508. The first-order chi connectivity index (χ1) is 8.65. The number of hydrogen-bond acceptors (Lipinski definition) is 3. The topological polar surface area (TPSA) is 48.1 Å². The molecule has 0 atom stereocenters. The Morgan fingerprint density at radius 2 is 2.22 bits per heavy atom. The van der Waals surface area contributed by atoms with E-state index in [0.29, 0.717) is 24.5 Å². The molecule has 2 N–H and O–H groups in total. The van der Waals surface area contributed by atoms with E-state index in [0.717, 1.165) is 11.1 Å². The number of nitrogen functional groups attached to an aromatic ring is 1. The molecule has 0 saturated carbocycles. The summed E-state index contributed by atoms with van der Waals surface area (Å²) in [4.78, 5) is 3.93. The lowest BCUT2D eigenvalue weighted by Gasteiger charge is -2.10. The fourth-order valence-electron chi connectivity index (χ4n) is 1.32. The Bertz CT molecular complexity index is 475. The molecule has 1 rings (SSSR count). The summed E-state index contributed by atoms with van der Waals surface area (Å²) in [5.41, 5.74) is 8.21. The van der Waals surface area contributed by atoms with Gasteiger partial charge in [0.25, 0.3) is 0 Å². The van der Waals surface area contributed by atoms with Crippen LogP contribution in [0.5, 0.6) is 0 Å². The van der Waals surface area contributed by atoms with Gasteiger partial charge in [0.2, 0.25) is 0 Å². The monoisotopic (exact) mass is 242 g/mol. The van der Waals surface area contributed by atoms with Crippen LogP contribution in [-0.4, -0.2) is 11.6 Å². The normalized spacial score (nSPS) is 10.2. The van der Waals surface area contributed by atoms with E-state index in [1.54, 1.807) is 30.6 Å². The fraction of sp³-hybridized carbons (Fsp3) is 0.133. The number of anilines is 1. The summed E-state index contributed by atoms with van der Waals surface area (Å²) < 4.78 is 5.50. The molecule has 1 aromatic rings. The number of nitrogens with zero attached hydrogens (tertiary/aromatic N) is 1. The Balaban J connectivity index is 2.40. The minimum Gasteiger partial charge on any atom is -0.493 e. The van der Waals surface area contributed by atoms with E-state index < -0.39 is 0 Å². The van der Waals surface area contributed by atoms with Gasteiger partial charge in [0.05, 0.1) is 18.5 Å². The van der Waals surface area contributed by atoms with E-state index >= 15 is 0 Å². The maximum absolute atomic E-state index is 5.78. The van der Waals surface area contributed by atoms with Crippen molar-refractivity contribution in [2.45, 2.75) is 6.42 Å². The van der Waals surface area contributed by atoms with Crippen molar-refractivity contribution in [2.24, 2.45) is 0 Å². The zero-order valence-corrected chi connectivity index (χ0v) is 10.4. The Morgan fingerprint density at radius 1 is 1.44 bits per heavy atom. The second-order valence-corrected chi connectivity index (χ2v) is 3.72. The van der Waals surface area contributed by atoms with Gasteiger partial charge in [-0.05, 0) is 11.6 Å². The average molecular weight is 242 g/mol. The predicted octanol–water partition coefficient (Wildman–Crippen LogP) is 3.04. The highest BCUT2D eigenvalue weighted by Crippen LogP contribution is 2.12. The molecule has 0 saturated heterocycles. The molecule has 0 aliphatic carbocycles. The van der Waals surface area contributed by atoms with E-state index in [-0.39, 0.29) is 0 Å². The highest BCUT2D eigenvalue weighted by atomic mass is 16.5. The molecule has 0 aliphatic rings. The maximum atomic E-state index is 5.78. The number of pyridine rings is 1. The van der Waals surface area contributed by atoms with Crippen LogP contribution in [0, 0.1) is 0 Å². The minimum absolute atomic E-state index is 0.508. The smallest absolute Gasteiger partial charge is 0.118 e. The van der Waals surface area contributed by atoms with E-state index in [9.17, 15) is 0 Å². The number of aromatic nitrogens is 1. The van der Waals surface area contributed by atoms with Gasteiger partial charge in [0.15, 0.2) is 0 Å². The largest absolute Gasteiger partial charge is 0.493 e. The van der Waals surface area contributed by atoms with Crippen LogP contribution in [0.25, 0.3) is 0 Å². The molecule has 0 bridgehead atoms. The summed E-state index contributed by atoms with van der Waals surface area (Å²) in [6.07, 6.45) is 9.33. The summed E-state index contributed by atoms with van der Waals surface area (Å²) >= 11 is 0. The Morgan fingerprint density at radius 3 is 2.89 bits per heavy atom. The molecular formula is C15H18N2O. The van der Waals surface area contributed by atoms with Gasteiger partial charge in [0, 0.05) is 18.2 Å². The number of allylic oxidation sites excluding steroid dienone is 3. The van der Waals surface area contributed by atoms with E-state index in [4.69, 9.17) is 10.5 Å². The van der Waals surface area contributed by atoms with Gasteiger partial charge in [-0.2, -0.15) is 0 Å². The van der Waals surface area contributed by atoms with Crippen LogP contribution in [0.3, 0.4) is 0 Å². The Kier molecular flexibility index (Phi) is 5.45. The molecule has 0 fully saturated rings. The van der Waals surface area contributed by atoms with Crippen molar-refractivity contribution in [3.8, 4) is 0 Å². The molecule has 3 nitrogen and oxygen atoms in total. The Hall–Kier alpha value is -2.29. The molecule has 94 valence electrons. The summed E-state index contributed by atoms with van der Waals surface area (Å²) in [5, 5.41) is 0. The molecule has 0 radical (unpaired) electrons. The lowest BCUT2D eigenvalue weighted by atomic mass is 10.2. The van der Waals surface area contributed by atoms with Crippen molar-refractivity contribution in [3.05, 3.63) is 73.3 Å². The first-order valence-corrected chi connectivity index (χ1v) is 5.63. The summed E-state index contributed by atoms with van der Waals surface area (Å²) in [5.74, 6) is 0.556. The van der Waals surface area contributed by atoms with Crippen LogP contribution in [0.2, 0.25) is 0 Å². The summed E-state index contributed by atoms with van der Waals surface area (Å²) in [6, 6.07) is 1.88. The first kappa shape index (κ1) is 13.8. The highest BCUT2D eigenvalue weighted by molar-refractivity contribution is 5.43. The predicted molar refractivity (Wildman–Crippen MR) is 75.9 cm³/mol. The van der Waals surface area contributed by atoms with Crippen molar-refractivity contribution in [2.75, 3.05) is 12.3 Å². The van der Waals surface area contributed by atoms with Crippen molar-refractivity contribution in [1.29, 1.82) is 0 Å². The third-order valence-electron chi connectivity index (χ3n) is 2.39. The zero-order valence-electron chi connectivity index (χ0n) is 10.4. The number of nitrogens with two attached hydrogens (primary N) is 1. The van der Waals surface area contributed by atoms with E-state index in [2.05, 4.69) is 24.7 Å². The van der Waals surface area contributed by atoms with Gasteiger partial charge < -0.3 is 10.5 Å². The first-order valence-electron chi connectivity index (χ1n) is 5.63. The van der Waals surface area contributed by atoms with Gasteiger partial charge in [-0.3, -0.25) is 4.98 Å². The standard InChI is InChI=1S/C15H18N2O/c1-4-5-6-12(2)13(3)18-10-8-14-7-9-17-11-15(14)16/h4-7,9,11H,1-3,8,10,16H2.